The second-order valence-electron chi connectivity index (χ2n) is 4.26. The molecular weight excluding hydrogens is 188 g/mol. The average molecular weight is 210 g/mol. The minimum atomic E-state index is -0.0871. The molecule has 0 aromatic heterocycles. The van der Waals surface area contributed by atoms with Crippen molar-refractivity contribution in [2.45, 2.75) is 51.9 Å². The van der Waals surface area contributed by atoms with Gasteiger partial charge in [0.1, 0.15) is 0 Å². The molecule has 0 heterocycles. The Bertz CT molecular complexity index is 231. The smallest absolute Gasteiger partial charge is 0.316 e. The quantitative estimate of drug-likeness (QED) is 0.348. The zero-order valence-corrected chi connectivity index (χ0v) is 9.92. The minimum absolute atomic E-state index is 0.0330. The average Bonchev–Trinajstić information content (AvgIpc) is 3.01. The monoisotopic (exact) mass is 210 g/mol. The van der Waals surface area contributed by atoms with Gasteiger partial charge in [0.2, 0.25) is 0 Å². The zero-order chi connectivity index (χ0) is 11.1. The minimum Gasteiger partial charge on any atom is -0.468 e. The predicted molar refractivity (Wildman–Crippen MR) is 61.6 cm³/mol. The Morgan fingerprint density at radius 1 is 1.27 bits per heavy atom. The fourth-order valence-electron chi connectivity index (χ4n) is 1.86. The van der Waals surface area contributed by atoms with Crippen molar-refractivity contribution in [3.8, 4) is 0 Å². The van der Waals surface area contributed by atoms with Gasteiger partial charge in [-0.15, -0.1) is 0 Å². The van der Waals surface area contributed by atoms with Crippen molar-refractivity contribution in [1.29, 1.82) is 0 Å². The molecule has 0 spiro atoms. The molecule has 0 amide bonds. The highest BCUT2D eigenvalue weighted by Crippen LogP contribution is 2.34. The van der Waals surface area contributed by atoms with Crippen molar-refractivity contribution in [3.05, 3.63) is 11.6 Å². The van der Waals surface area contributed by atoms with Gasteiger partial charge in [-0.25, -0.2) is 0 Å². The molecule has 0 radical (unpaired) electrons. The van der Waals surface area contributed by atoms with Crippen LogP contribution in [0.4, 0.5) is 0 Å². The topological polar surface area (TPSA) is 26.3 Å². The summed E-state index contributed by atoms with van der Waals surface area (Å²) in [5.74, 6) is -0.0541. The summed E-state index contributed by atoms with van der Waals surface area (Å²) >= 11 is 0. The van der Waals surface area contributed by atoms with Crippen molar-refractivity contribution in [1.82, 2.24) is 0 Å². The van der Waals surface area contributed by atoms with Crippen molar-refractivity contribution in [3.63, 3.8) is 0 Å². The number of hydrogen-bond acceptors (Lipinski definition) is 2. The summed E-state index contributed by atoms with van der Waals surface area (Å²) < 4.78 is 4.67. The van der Waals surface area contributed by atoms with Gasteiger partial charge in [0.25, 0.3) is 0 Å². The van der Waals surface area contributed by atoms with Crippen molar-refractivity contribution >= 4 is 5.97 Å². The summed E-state index contributed by atoms with van der Waals surface area (Å²) in [6.45, 7) is 2.23. The second-order valence-corrected chi connectivity index (χ2v) is 4.26. The van der Waals surface area contributed by atoms with E-state index in [9.17, 15) is 4.79 Å². The standard InChI is InChI=1S/C13H22O2/c1-3-4-5-6-7-8-9-11-10-12(11)13(14)15-2/h10,12H,3-9H2,1-2H3. The van der Waals surface area contributed by atoms with Gasteiger partial charge in [0, 0.05) is 0 Å². The van der Waals surface area contributed by atoms with Gasteiger partial charge in [0.05, 0.1) is 13.0 Å². The summed E-state index contributed by atoms with van der Waals surface area (Å²) in [5, 5.41) is 0. The van der Waals surface area contributed by atoms with Crippen LogP contribution in [0.1, 0.15) is 51.9 Å². The van der Waals surface area contributed by atoms with Gasteiger partial charge in [-0.3, -0.25) is 4.79 Å². The van der Waals surface area contributed by atoms with Gasteiger partial charge in [-0.2, -0.15) is 0 Å². The lowest BCUT2D eigenvalue weighted by Crippen LogP contribution is -2.04. The highest BCUT2D eigenvalue weighted by atomic mass is 16.5. The van der Waals surface area contributed by atoms with Crippen LogP contribution in [0.25, 0.3) is 0 Å². The summed E-state index contributed by atoms with van der Waals surface area (Å²) in [4.78, 5) is 11.1. The Morgan fingerprint density at radius 3 is 2.60 bits per heavy atom. The van der Waals surface area contributed by atoms with Gasteiger partial charge in [0.15, 0.2) is 0 Å². The molecule has 0 N–H and O–H groups in total. The van der Waals surface area contributed by atoms with Crippen LogP contribution in [-0.2, 0) is 9.53 Å². The predicted octanol–water partition coefficient (Wildman–Crippen LogP) is 3.47. The first-order chi connectivity index (χ1) is 7.29. The van der Waals surface area contributed by atoms with Crippen molar-refractivity contribution < 1.29 is 9.53 Å². The molecule has 2 nitrogen and oxygen atoms in total. The molecule has 1 aliphatic rings. The molecule has 0 fully saturated rings. The van der Waals surface area contributed by atoms with E-state index in [4.69, 9.17) is 0 Å². The van der Waals surface area contributed by atoms with Crippen LogP contribution in [0.5, 0.6) is 0 Å². The number of rotatable bonds is 8. The van der Waals surface area contributed by atoms with Gasteiger partial charge >= 0.3 is 5.97 Å². The number of unbranched alkanes of at least 4 members (excludes halogenated alkanes) is 5. The molecule has 15 heavy (non-hydrogen) atoms. The third-order valence-corrected chi connectivity index (χ3v) is 2.95. The fraction of sp³-hybridized carbons (Fsp3) is 0.769. The first-order valence-corrected chi connectivity index (χ1v) is 6.08. The van der Waals surface area contributed by atoms with Crippen molar-refractivity contribution in [2.75, 3.05) is 7.11 Å². The third kappa shape index (κ3) is 4.50. The van der Waals surface area contributed by atoms with E-state index in [0.717, 1.165) is 6.42 Å². The SMILES string of the molecule is CCCCCCCCC1=CC1C(=O)OC. The number of esters is 1. The van der Waals surface area contributed by atoms with E-state index in [1.54, 1.807) is 0 Å². The summed E-state index contributed by atoms with van der Waals surface area (Å²) in [7, 11) is 1.46. The van der Waals surface area contributed by atoms with Gasteiger partial charge < -0.3 is 4.74 Å². The molecule has 2 heteroatoms. The van der Waals surface area contributed by atoms with Crippen LogP contribution < -0.4 is 0 Å². The van der Waals surface area contributed by atoms with E-state index in [1.807, 2.05) is 6.08 Å². The van der Waals surface area contributed by atoms with Crippen LogP contribution in [-0.4, -0.2) is 13.1 Å². The fourth-order valence-corrected chi connectivity index (χ4v) is 1.86. The maximum absolute atomic E-state index is 11.1. The van der Waals surface area contributed by atoms with Crippen LogP contribution in [0, 0.1) is 5.92 Å². The molecule has 1 atom stereocenters. The number of ether oxygens (including phenoxy) is 1. The van der Waals surface area contributed by atoms with Crippen LogP contribution in [0.3, 0.4) is 0 Å². The summed E-state index contributed by atoms with van der Waals surface area (Å²) in [5.41, 5.74) is 1.29. The molecule has 86 valence electrons. The van der Waals surface area contributed by atoms with Gasteiger partial charge in [-0.05, 0) is 12.8 Å². The molecule has 1 unspecified atom stereocenters. The first-order valence-electron chi connectivity index (χ1n) is 6.08. The Kier molecular flexibility index (Phi) is 5.44. The first kappa shape index (κ1) is 12.3. The molecule has 0 saturated carbocycles. The molecule has 0 aromatic rings. The second kappa shape index (κ2) is 6.65. The molecule has 1 aliphatic carbocycles. The maximum atomic E-state index is 11.1. The lowest BCUT2D eigenvalue weighted by Gasteiger charge is -2.00. The number of methoxy groups -OCH3 is 1. The summed E-state index contributed by atoms with van der Waals surface area (Å²) in [6.07, 6.45) is 11.0. The molecular formula is C13H22O2. The lowest BCUT2D eigenvalue weighted by atomic mass is 10.1. The molecule has 1 rings (SSSR count). The van der Waals surface area contributed by atoms with E-state index in [1.165, 1.54) is 51.2 Å². The maximum Gasteiger partial charge on any atom is 0.316 e. The number of carbonyl (C=O) groups is 1. The van der Waals surface area contributed by atoms with E-state index >= 15 is 0 Å². The zero-order valence-electron chi connectivity index (χ0n) is 9.92. The Hall–Kier alpha value is -0.790. The Morgan fingerprint density at radius 2 is 1.93 bits per heavy atom. The third-order valence-electron chi connectivity index (χ3n) is 2.95. The van der Waals surface area contributed by atoms with E-state index in [2.05, 4.69) is 11.7 Å². The number of hydrogen-bond donors (Lipinski definition) is 0. The lowest BCUT2D eigenvalue weighted by molar-refractivity contribution is -0.141. The van der Waals surface area contributed by atoms with E-state index in [-0.39, 0.29) is 11.9 Å². The van der Waals surface area contributed by atoms with Gasteiger partial charge in [-0.1, -0.05) is 50.7 Å². The molecule has 0 aromatic carbocycles. The number of carbonyl (C=O) groups excluding carboxylic acids is 1. The largest absolute Gasteiger partial charge is 0.468 e. The normalized spacial score (nSPS) is 18.5. The molecule has 0 aliphatic heterocycles. The summed E-state index contributed by atoms with van der Waals surface area (Å²) in [6, 6.07) is 0. The van der Waals surface area contributed by atoms with E-state index < -0.39 is 0 Å². The highest BCUT2D eigenvalue weighted by Gasteiger charge is 2.31. The molecule has 0 saturated heterocycles. The Labute approximate surface area is 92.7 Å². The van der Waals surface area contributed by atoms with E-state index in [0.29, 0.717) is 0 Å². The molecule has 0 bridgehead atoms. The van der Waals surface area contributed by atoms with Crippen LogP contribution in [0.2, 0.25) is 0 Å². The highest BCUT2D eigenvalue weighted by molar-refractivity contribution is 5.83. The van der Waals surface area contributed by atoms with Crippen LogP contribution >= 0.6 is 0 Å². The van der Waals surface area contributed by atoms with Crippen LogP contribution in [0.15, 0.2) is 11.6 Å². The van der Waals surface area contributed by atoms with Crippen molar-refractivity contribution in [2.24, 2.45) is 5.92 Å². The Balaban J connectivity index is 1.90.